The predicted octanol–water partition coefficient (Wildman–Crippen LogP) is -1.09. The Bertz CT molecular complexity index is 552. The number of H-pyrrole nitrogens is 1. The van der Waals surface area contributed by atoms with E-state index in [0.717, 1.165) is 16.8 Å². The summed E-state index contributed by atoms with van der Waals surface area (Å²) in [5.74, 6) is -0.343. The second-order valence-corrected chi connectivity index (χ2v) is 3.46. The van der Waals surface area contributed by atoms with Crippen molar-refractivity contribution in [2.45, 2.75) is 13.0 Å². The van der Waals surface area contributed by atoms with Crippen molar-refractivity contribution in [3.05, 3.63) is 32.8 Å². The molecule has 1 aromatic heterocycles. The molecule has 1 amide bonds. The smallest absolute Gasteiger partial charge is 0.265 e. The van der Waals surface area contributed by atoms with Crippen molar-refractivity contribution in [3.63, 3.8) is 0 Å². The molecule has 0 spiro atoms. The van der Waals surface area contributed by atoms with E-state index in [1.807, 2.05) is 6.07 Å². The summed E-state index contributed by atoms with van der Waals surface area (Å²) in [6, 6.07) is 4.12. The maximum atomic E-state index is 11.6. The van der Waals surface area contributed by atoms with Gasteiger partial charge in [-0.2, -0.15) is 5.26 Å². The lowest BCUT2D eigenvalue weighted by molar-refractivity contribution is -0.130. The molecular weight excluding hydrogens is 224 g/mol. The second-order valence-electron chi connectivity index (χ2n) is 3.46. The van der Waals surface area contributed by atoms with Gasteiger partial charge in [-0.05, 0) is 0 Å². The van der Waals surface area contributed by atoms with Crippen LogP contribution in [-0.4, -0.2) is 34.2 Å². The predicted molar refractivity (Wildman–Crippen MR) is 59.2 cm³/mol. The average molecular weight is 236 g/mol. The zero-order valence-electron chi connectivity index (χ0n) is 9.34. The van der Waals surface area contributed by atoms with Crippen molar-refractivity contribution in [1.82, 2.24) is 14.7 Å². The number of nitriles is 1. The largest absolute Gasteiger partial charge is 0.343 e. The number of amides is 1. The molecule has 0 saturated heterocycles. The molecule has 0 fully saturated rings. The van der Waals surface area contributed by atoms with Crippen LogP contribution in [0.3, 0.4) is 0 Å². The Balaban J connectivity index is 2.75. The quantitative estimate of drug-likeness (QED) is 0.717. The van der Waals surface area contributed by atoms with Crippen LogP contribution >= 0.6 is 0 Å². The fraction of sp³-hybridized carbons (Fsp3) is 0.400. The van der Waals surface area contributed by atoms with Gasteiger partial charge in [0.1, 0.15) is 6.54 Å². The maximum Gasteiger partial charge on any atom is 0.265 e. The van der Waals surface area contributed by atoms with Crippen LogP contribution in [-0.2, 0) is 11.3 Å². The Morgan fingerprint density at radius 1 is 1.53 bits per heavy atom. The fourth-order valence-corrected chi connectivity index (χ4v) is 1.18. The first kappa shape index (κ1) is 12.7. The summed E-state index contributed by atoms with van der Waals surface area (Å²) < 4.78 is 0.938. The van der Waals surface area contributed by atoms with Gasteiger partial charge < -0.3 is 4.90 Å². The minimum Gasteiger partial charge on any atom is -0.343 e. The molecule has 0 aliphatic heterocycles. The normalized spacial score (nSPS) is 9.65. The van der Waals surface area contributed by atoms with E-state index in [0.29, 0.717) is 6.54 Å². The number of aromatic amines is 1. The van der Waals surface area contributed by atoms with Gasteiger partial charge >= 0.3 is 0 Å². The first-order valence-corrected chi connectivity index (χ1v) is 4.95. The van der Waals surface area contributed by atoms with Gasteiger partial charge in [0.2, 0.25) is 5.91 Å². The van der Waals surface area contributed by atoms with Crippen molar-refractivity contribution in [1.29, 1.82) is 5.26 Å². The van der Waals surface area contributed by atoms with Crippen molar-refractivity contribution in [2.75, 3.05) is 13.6 Å². The number of likely N-dealkylation sites (N-methyl/N-ethyl adjacent to an activating group) is 1. The summed E-state index contributed by atoms with van der Waals surface area (Å²) in [6.07, 6.45) is 0.225. The molecule has 0 bridgehead atoms. The highest BCUT2D eigenvalue weighted by atomic mass is 16.2. The zero-order chi connectivity index (χ0) is 12.8. The summed E-state index contributed by atoms with van der Waals surface area (Å²) in [6.45, 7) is 0.0536. The van der Waals surface area contributed by atoms with Gasteiger partial charge in [-0.1, -0.05) is 0 Å². The molecule has 7 heteroatoms. The molecule has 1 N–H and O–H groups in total. The molecule has 0 unspecified atom stereocenters. The van der Waals surface area contributed by atoms with Gasteiger partial charge in [-0.3, -0.25) is 19.5 Å². The van der Waals surface area contributed by atoms with Crippen molar-refractivity contribution < 1.29 is 4.79 Å². The van der Waals surface area contributed by atoms with Crippen LogP contribution in [0.5, 0.6) is 0 Å². The Morgan fingerprint density at radius 3 is 2.88 bits per heavy atom. The third-order valence-corrected chi connectivity index (χ3v) is 2.17. The number of hydrogen-bond acceptors (Lipinski definition) is 4. The van der Waals surface area contributed by atoms with Crippen LogP contribution in [0.25, 0.3) is 0 Å². The fourth-order valence-electron chi connectivity index (χ4n) is 1.18. The molecule has 0 aromatic carbocycles. The van der Waals surface area contributed by atoms with E-state index < -0.39 is 11.1 Å². The molecule has 0 aliphatic rings. The Kier molecular flexibility index (Phi) is 4.22. The number of hydrogen-bond donors (Lipinski definition) is 1. The van der Waals surface area contributed by atoms with Crippen molar-refractivity contribution >= 4 is 5.91 Å². The Labute approximate surface area is 96.9 Å². The molecule has 1 aromatic rings. The summed E-state index contributed by atoms with van der Waals surface area (Å²) in [4.78, 5) is 35.2. The topological polar surface area (TPSA) is 99.0 Å². The maximum absolute atomic E-state index is 11.6. The molecule has 1 heterocycles. The lowest BCUT2D eigenvalue weighted by atomic mass is 10.4. The van der Waals surface area contributed by atoms with Crippen LogP contribution < -0.4 is 11.1 Å². The molecule has 7 nitrogen and oxygen atoms in total. The molecule has 0 radical (unpaired) electrons. The van der Waals surface area contributed by atoms with Crippen LogP contribution in [0.1, 0.15) is 6.42 Å². The second kappa shape index (κ2) is 5.65. The molecular formula is C10H12N4O3. The van der Waals surface area contributed by atoms with Crippen molar-refractivity contribution in [2.24, 2.45) is 0 Å². The van der Waals surface area contributed by atoms with E-state index in [1.54, 1.807) is 0 Å². The van der Waals surface area contributed by atoms with E-state index in [-0.39, 0.29) is 18.9 Å². The van der Waals surface area contributed by atoms with E-state index >= 15 is 0 Å². The van der Waals surface area contributed by atoms with Crippen LogP contribution in [0.4, 0.5) is 0 Å². The highest BCUT2D eigenvalue weighted by molar-refractivity contribution is 5.75. The molecule has 0 atom stereocenters. The molecule has 0 saturated carbocycles. The van der Waals surface area contributed by atoms with Gasteiger partial charge in [-0.15, -0.1) is 0 Å². The first-order chi connectivity index (χ1) is 8.04. The first-order valence-electron chi connectivity index (χ1n) is 4.95. The Hall–Kier alpha value is -2.36. The highest BCUT2D eigenvalue weighted by Crippen LogP contribution is 1.89. The molecule has 1 rings (SSSR count). The number of aromatic nitrogens is 2. The molecule has 90 valence electrons. The SMILES string of the molecule is CN(CCC#N)C(=O)Cn1[nH]c(=O)ccc1=O. The lowest BCUT2D eigenvalue weighted by Gasteiger charge is -2.15. The van der Waals surface area contributed by atoms with Crippen LogP contribution in [0, 0.1) is 11.3 Å². The van der Waals surface area contributed by atoms with Crippen molar-refractivity contribution in [3.8, 4) is 6.07 Å². The summed E-state index contributed by atoms with van der Waals surface area (Å²) in [5, 5.41) is 10.6. The lowest BCUT2D eigenvalue weighted by Crippen LogP contribution is -2.37. The number of carbonyl (C=O) groups excluding carboxylic acids is 1. The third-order valence-electron chi connectivity index (χ3n) is 2.17. The van der Waals surface area contributed by atoms with Gasteiger partial charge in [0, 0.05) is 25.7 Å². The molecule has 17 heavy (non-hydrogen) atoms. The summed E-state index contributed by atoms with van der Waals surface area (Å²) >= 11 is 0. The van der Waals surface area contributed by atoms with E-state index in [9.17, 15) is 14.4 Å². The monoisotopic (exact) mass is 236 g/mol. The number of nitrogens with one attached hydrogen (secondary N) is 1. The molecule has 0 aliphatic carbocycles. The van der Waals surface area contributed by atoms with Gasteiger partial charge in [0.15, 0.2) is 0 Å². The Morgan fingerprint density at radius 2 is 2.24 bits per heavy atom. The van der Waals surface area contributed by atoms with E-state index in [4.69, 9.17) is 5.26 Å². The standard InChI is InChI=1S/C10H12N4O3/c1-13(6-2-5-11)10(17)7-14-9(16)4-3-8(15)12-14/h3-4H,2,6-7H2,1H3,(H,12,15). The minimum absolute atomic E-state index is 0.225. The number of nitrogens with zero attached hydrogens (tertiary/aromatic N) is 3. The van der Waals surface area contributed by atoms with Gasteiger partial charge in [-0.25, -0.2) is 4.68 Å². The number of carbonyl (C=O) groups is 1. The minimum atomic E-state index is -0.452. The summed E-state index contributed by atoms with van der Waals surface area (Å²) in [5.41, 5.74) is -0.899. The number of rotatable bonds is 4. The average Bonchev–Trinajstić information content (AvgIpc) is 2.30. The zero-order valence-corrected chi connectivity index (χ0v) is 9.34. The van der Waals surface area contributed by atoms with Crippen LogP contribution in [0.15, 0.2) is 21.7 Å². The van der Waals surface area contributed by atoms with Gasteiger partial charge in [0.05, 0.1) is 12.5 Å². The summed E-state index contributed by atoms with van der Waals surface area (Å²) in [7, 11) is 1.53. The van der Waals surface area contributed by atoms with Gasteiger partial charge in [0.25, 0.3) is 11.1 Å². The highest BCUT2D eigenvalue weighted by Gasteiger charge is 2.10. The third kappa shape index (κ3) is 3.61. The van der Waals surface area contributed by atoms with E-state index in [1.165, 1.54) is 11.9 Å². The van der Waals surface area contributed by atoms with E-state index in [2.05, 4.69) is 5.10 Å². The van der Waals surface area contributed by atoms with Crippen LogP contribution in [0.2, 0.25) is 0 Å².